The first-order valence-corrected chi connectivity index (χ1v) is 17.3. The van der Waals surface area contributed by atoms with Crippen molar-refractivity contribution in [3.63, 3.8) is 0 Å². The van der Waals surface area contributed by atoms with Gasteiger partial charge in [0.05, 0.1) is 13.7 Å². The Balaban J connectivity index is 1.44. The molecule has 0 unspecified atom stereocenters. The summed E-state index contributed by atoms with van der Waals surface area (Å²) in [6.45, 7) is 6.93. The number of unbranched alkanes of at least 4 members (excludes halogenated alkanes) is 13. The molecule has 0 saturated heterocycles. The molecule has 1 aromatic heterocycles. The Labute approximate surface area is 267 Å². The summed E-state index contributed by atoms with van der Waals surface area (Å²) in [7, 11) is 1.68. The van der Waals surface area contributed by atoms with E-state index < -0.39 is 0 Å². The van der Waals surface area contributed by atoms with Gasteiger partial charge in [-0.2, -0.15) is 0 Å². The Kier molecular flexibility index (Phi) is 17.1. The van der Waals surface area contributed by atoms with Crippen molar-refractivity contribution in [2.24, 2.45) is 0 Å². The zero-order valence-corrected chi connectivity index (χ0v) is 27.8. The summed E-state index contributed by atoms with van der Waals surface area (Å²) in [4.78, 5) is 15.5. The van der Waals surface area contributed by atoms with Gasteiger partial charge in [0.2, 0.25) is 5.69 Å². The fourth-order valence-corrected chi connectivity index (χ4v) is 5.75. The Bertz CT molecular complexity index is 1200. The fraction of sp³-hybridized carbons (Fsp3) is 0.538. The molecule has 2 aromatic carbocycles. The topological polar surface area (TPSA) is 42.7 Å². The maximum absolute atomic E-state index is 13.6. The highest BCUT2D eigenvalue weighted by Gasteiger charge is 2.21. The minimum Gasteiger partial charge on any atom is -0.493 e. The third kappa shape index (κ3) is 12.7. The molecule has 0 N–H and O–H groups in total. The van der Waals surface area contributed by atoms with E-state index in [0.717, 1.165) is 30.0 Å². The first kappa shape index (κ1) is 35.1. The van der Waals surface area contributed by atoms with Gasteiger partial charge in [-0.1, -0.05) is 121 Å². The van der Waals surface area contributed by atoms with Gasteiger partial charge in [-0.05, 0) is 43.2 Å². The Morgan fingerprint density at radius 1 is 0.682 bits per heavy atom. The number of nitrogens with zero attached hydrogens (tertiary/aromatic N) is 2. The highest BCUT2D eigenvalue weighted by atomic mass is 16.5. The maximum Gasteiger partial charge on any atom is 0.254 e. The zero-order valence-electron chi connectivity index (χ0n) is 27.8. The number of benzene rings is 2. The highest BCUT2D eigenvalue weighted by molar-refractivity contribution is 5.94. The van der Waals surface area contributed by atoms with Crippen LogP contribution in [0.1, 0.15) is 125 Å². The molecule has 0 fully saturated rings. The number of amides is 1. The molecule has 0 spiro atoms. The van der Waals surface area contributed by atoms with Crippen LogP contribution in [0.3, 0.4) is 0 Å². The van der Waals surface area contributed by atoms with Crippen molar-refractivity contribution in [1.29, 1.82) is 0 Å². The molecule has 0 radical (unpaired) electrons. The number of aromatic nitrogens is 1. The van der Waals surface area contributed by atoms with Crippen LogP contribution in [-0.2, 0) is 19.6 Å². The molecule has 3 rings (SSSR count). The average Bonchev–Trinajstić information content (AvgIpc) is 3.06. The molecule has 0 aliphatic heterocycles. The van der Waals surface area contributed by atoms with Gasteiger partial charge in [-0.15, -0.1) is 0 Å². The van der Waals surface area contributed by atoms with Crippen LogP contribution in [0.15, 0.2) is 72.9 Å². The van der Waals surface area contributed by atoms with E-state index in [9.17, 15) is 4.79 Å². The summed E-state index contributed by atoms with van der Waals surface area (Å²) in [5.74, 6) is 1.48. The molecule has 44 heavy (non-hydrogen) atoms. The first-order valence-electron chi connectivity index (χ1n) is 17.3. The van der Waals surface area contributed by atoms with Gasteiger partial charge in [-0.3, -0.25) is 4.79 Å². The lowest BCUT2D eigenvalue weighted by Gasteiger charge is -2.23. The van der Waals surface area contributed by atoms with Crippen molar-refractivity contribution in [1.82, 2.24) is 4.90 Å². The molecular formula is C39H57N2O3+. The molecular weight excluding hydrogens is 544 g/mol. The van der Waals surface area contributed by atoms with Gasteiger partial charge in [0.15, 0.2) is 17.7 Å². The smallest absolute Gasteiger partial charge is 0.254 e. The van der Waals surface area contributed by atoms with Gasteiger partial charge in [0.25, 0.3) is 5.91 Å². The van der Waals surface area contributed by atoms with E-state index in [1.807, 2.05) is 65.6 Å². The number of hydrogen-bond donors (Lipinski definition) is 0. The zero-order chi connectivity index (χ0) is 31.2. The third-order valence-electron chi connectivity index (χ3n) is 8.39. The minimum absolute atomic E-state index is 0.00852. The van der Waals surface area contributed by atoms with Crippen LogP contribution in [0.5, 0.6) is 11.5 Å². The quantitative estimate of drug-likeness (QED) is 0.0803. The average molecular weight is 602 g/mol. The van der Waals surface area contributed by atoms with E-state index in [1.54, 1.807) is 7.11 Å². The molecule has 1 heterocycles. The molecule has 5 heteroatoms. The van der Waals surface area contributed by atoms with Crippen molar-refractivity contribution in [3.8, 4) is 11.5 Å². The fourth-order valence-electron chi connectivity index (χ4n) is 5.75. The SMILES string of the molecule is CCCCCCCCCCCCCCCCOc1ccc(CN(Cc2cccc[n+]2CC)C(=O)c2ccccc2)cc1OC. The van der Waals surface area contributed by atoms with Crippen LogP contribution >= 0.6 is 0 Å². The van der Waals surface area contributed by atoms with Crippen LogP contribution in [0.25, 0.3) is 0 Å². The predicted octanol–water partition coefficient (Wildman–Crippen LogP) is 9.71. The van der Waals surface area contributed by atoms with Gasteiger partial charge in [0.1, 0.15) is 13.1 Å². The van der Waals surface area contributed by atoms with E-state index in [2.05, 4.69) is 30.7 Å². The van der Waals surface area contributed by atoms with Gasteiger partial charge in [-0.25, -0.2) is 4.57 Å². The number of pyridine rings is 1. The number of aryl methyl sites for hydroxylation is 1. The summed E-state index contributed by atoms with van der Waals surface area (Å²) >= 11 is 0. The molecule has 0 bridgehead atoms. The summed E-state index contributed by atoms with van der Waals surface area (Å²) in [5.41, 5.74) is 2.79. The van der Waals surface area contributed by atoms with Crippen LogP contribution in [0, 0.1) is 0 Å². The molecule has 5 nitrogen and oxygen atoms in total. The standard InChI is InChI=1S/C39H57N2O3/c1-4-6-7-8-9-10-11-12-13-14-15-16-17-23-30-44-37-28-27-34(31-38(37)43-3)32-41(39(42)35-24-19-18-20-25-35)33-36-26-21-22-29-40(36)5-2/h18-22,24-29,31H,4-17,23,30,32-33H2,1-3H3/q+1. The second-order valence-corrected chi connectivity index (χ2v) is 11.9. The number of rotatable bonds is 23. The number of carbonyl (C=O) groups excluding carboxylic acids is 1. The highest BCUT2D eigenvalue weighted by Crippen LogP contribution is 2.29. The minimum atomic E-state index is 0.00852. The van der Waals surface area contributed by atoms with Crippen LogP contribution in [0.4, 0.5) is 0 Å². The molecule has 0 aliphatic rings. The molecule has 0 aliphatic carbocycles. The van der Waals surface area contributed by atoms with E-state index in [-0.39, 0.29) is 5.91 Å². The predicted molar refractivity (Wildman–Crippen MR) is 181 cm³/mol. The second-order valence-electron chi connectivity index (χ2n) is 11.9. The maximum atomic E-state index is 13.6. The molecule has 1 amide bonds. The Morgan fingerprint density at radius 3 is 1.91 bits per heavy atom. The van der Waals surface area contributed by atoms with E-state index in [4.69, 9.17) is 9.47 Å². The van der Waals surface area contributed by atoms with E-state index in [0.29, 0.717) is 31.0 Å². The summed E-state index contributed by atoms with van der Waals surface area (Å²) in [6.07, 6.45) is 20.9. The van der Waals surface area contributed by atoms with Crippen molar-refractivity contribution >= 4 is 5.91 Å². The lowest BCUT2D eigenvalue weighted by Crippen LogP contribution is -2.41. The Hall–Kier alpha value is -3.34. The second kappa shape index (κ2) is 21.4. The van der Waals surface area contributed by atoms with Crippen LogP contribution in [-0.4, -0.2) is 24.5 Å². The monoisotopic (exact) mass is 601 g/mol. The van der Waals surface area contributed by atoms with Crippen molar-refractivity contribution in [3.05, 3.63) is 89.7 Å². The van der Waals surface area contributed by atoms with Gasteiger partial charge >= 0.3 is 0 Å². The molecule has 240 valence electrons. The third-order valence-corrected chi connectivity index (χ3v) is 8.39. The lowest BCUT2D eigenvalue weighted by molar-refractivity contribution is -0.701. The summed E-state index contributed by atoms with van der Waals surface area (Å²) in [6, 6.07) is 21.7. The molecule has 0 atom stereocenters. The van der Waals surface area contributed by atoms with Gasteiger partial charge in [0, 0.05) is 24.2 Å². The summed E-state index contributed by atoms with van der Waals surface area (Å²) < 4.78 is 14.0. The van der Waals surface area contributed by atoms with Crippen LogP contribution < -0.4 is 14.0 Å². The molecule has 3 aromatic rings. The van der Waals surface area contributed by atoms with Gasteiger partial charge < -0.3 is 14.4 Å². The number of methoxy groups -OCH3 is 1. The molecule has 0 saturated carbocycles. The number of hydrogen-bond acceptors (Lipinski definition) is 3. The normalized spacial score (nSPS) is 11.0. The van der Waals surface area contributed by atoms with E-state index >= 15 is 0 Å². The van der Waals surface area contributed by atoms with Crippen molar-refractivity contribution < 1.29 is 18.8 Å². The number of carbonyl (C=O) groups is 1. The van der Waals surface area contributed by atoms with E-state index in [1.165, 1.54) is 83.5 Å². The summed E-state index contributed by atoms with van der Waals surface area (Å²) in [5, 5.41) is 0. The van der Waals surface area contributed by atoms with Crippen molar-refractivity contribution in [2.75, 3.05) is 13.7 Å². The van der Waals surface area contributed by atoms with Crippen LogP contribution in [0.2, 0.25) is 0 Å². The largest absolute Gasteiger partial charge is 0.493 e. The first-order chi connectivity index (χ1) is 21.7. The van der Waals surface area contributed by atoms with Crippen molar-refractivity contribution in [2.45, 2.75) is 123 Å². The Morgan fingerprint density at radius 2 is 1.30 bits per heavy atom. The lowest BCUT2D eigenvalue weighted by atomic mass is 10.0. The number of ether oxygens (including phenoxy) is 2.